The molecule has 0 fully saturated rings. The van der Waals surface area contributed by atoms with Crippen LogP contribution in [0, 0.1) is 6.92 Å². The molecule has 106 valence electrons. The van der Waals surface area contributed by atoms with Crippen molar-refractivity contribution in [3.05, 3.63) is 41.7 Å². The van der Waals surface area contributed by atoms with Gasteiger partial charge in [-0.05, 0) is 36.8 Å². The SMILES string of the molecule is CCCCSc1ccc(C=Nn2cc(C)nc2N)cc1. The average Bonchev–Trinajstić information content (AvgIpc) is 2.76. The lowest BCUT2D eigenvalue weighted by molar-refractivity contribution is 0.896. The van der Waals surface area contributed by atoms with E-state index in [9.17, 15) is 0 Å². The molecule has 0 saturated heterocycles. The molecule has 2 rings (SSSR count). The van der Waals surface area contributed by atoms with Crippen LogP contribution in [-0.2, 0) is 0 Å². The van der Waals surface area contributed by atoms with Gasteiger partial charge in [0, 0.05) is 4.90 Å². The molecule has 1 heterocycles. The van der Waals surface area contributed by atoms with E-state index in [1.807, 2.05) is 18.7 Å². The molecule has 20 heavy (non-hydrogen) atoms. The number of aromatic nitrogens is 2. The maximum atomic E-state index is 5.73. The van der Waals surface area contributed by atoms with Crippen molar-refractivity contribution in [2.75, 3.05) is 11.5 Å². The predicted octanol–water partition coefficient (Wildman–Crippen LogP) is 3.55. The van der Waals surface area contributed by atoms with Gasteiger partial charge in [-0.15, -0.1) is 11.8 Å². The van der Waals surface area contributed by atoms with Crippen LogP contribution in [0.25, 0.3) is 0 Å². The quantitative estimate of drug-likeness (QED) is 0.502. The number of hydrogen-bond acceptors (Lipinski definition) is 4. The number of hydrogen-bond donors (Lipinski definition) is 1. The van der Waals surface area contributed by atoms with Gasteiger partial charge in [0.05, 0.1) is 18.1 Å². The predicted molar refractivity (Wildman–Crippen MR) is 86.4 cm³/mol. The molecular weight excluding hydrogens is 268 g/mol. The fraction of sp³-hybridized carbons (Fsp3) is 0.333. The fourth-order valence-corrected chi connectivity index (χ4v) is 2.71. The Kier molecular flexibility index (Phi) is 5.24. The van der Waals surface area contributed by atoms with Crippen molar-refractivity contribution < 1.29 is 0 Å². The number of nitrogen functional groups attached to an aromatic ring is 1. The minimum Gasteiger partial charge on any atom is -0.368 e. The maximum absolute atomic E-state index is 5.73. The summed E-state index contributed by atoms with van der Waals surface area (Å²) in [6.07, 6.45) is 6.09. The van der Waals surface area contributed by atoms with Crippen molar-refractivity contribution in [2.24, 2.45) is 5.10 Å². The highest BCUT2D eigenvalue weighted by Gasteiger charge is 1.98. The molecule has 0 aliphatic carbocycles. The Bertz CT molecular complexity index is 572. The minimum atomic E-state index is 0.408. The van der Waals surface area contributed by atoms with E-state index in [1.165, 1.54) is 23.5 Å². The third-order valence-electron chi connectivity index (χ3n) is 2.81. The van der Waals surface area contributed by atoms with Crippen LogP contribution in [0.15, 0.2) is 40.5 Å². The fourth-order valence-electron chi connectivity index (χ4n) is 1.71. The number of benzene rings is 1. The van der Waals surface area contributed by atoms with Crippen LogP contribution in [0.1, 0.15) is 31.0 Å². The zero-order valence-electron chi connectivity index (χ0n) is 11.9. The molecule has 1 aromatic heterocycles. The Morgan fingerprint density at radius 2 is 2.10 bits per heavy atom. The number of nitrogens with zero attached hydrogens (tertiary/aromatic N) is 3. The summed E-state index contributed by atoms with van der Waals surface area (Å²) >= 11 is 1.89. The largest absolute Gasteiger partial charge is 0.368 e. The summed E-state index contributed by atoms with van der Waals surface area (Å²) in [7, 11) is 0. The highest BCUT2D eigenvalue weighted by molar-refractivity contribution is 7.99. The van der Waals surface area contributed by atoms with E-state index in [-0.39, 0.29) is 0 Å². The van der Waals surface area contributed by atoms with Crippen LogP contribution in [0.3, 0.4) is 0 Å². The lowest BCUT2D eigenvalue weighted by Crippen LogP contribution is -1.96. The zero-order chi connectivity index (χ0) is 14.4. The lowest BCUT2D eigenvalue weighted by Gasteiger charge is -2.01. The second-order valence-corrected chi connectivity index (χ2v) is 5.77. The summed E-state index contributed by atoms with van der Waals surface area (Å²) in [6, 6.07) is 8.39. The molecular formula is C15H20N4S. The Morgan fingerprint density at radius 3 is 2.70 bits per heavy atom. The summed E-state index contributed by atoms with van der Waals surface area (Å²) < 4.78 is 1.58. The van der Waals surface area contributed by atoms with Gasteiger partial charge in [0.15, 0.2) is 0 Å². The number of nitrogens with two attached hydrogens (primary N) is 1. The van der Waals surface area contributed by atoms with Crippen LogP contribution in [0.4, 0.5) is 5.95 Å². The number of imidazole rings is 1. The molecule has 0 aliphatic heterocycles. The van der Waals surface area contributed by atoms with E-state index < -0.39 is 0 Å². The first-order valence-electron chi connectivity index (χ1n) is 6.77. The van der Waals surface area contributed by atoms with Crippen molar-refractivity contribution in [2.45, 2.75) is 31.6 Å². The third-order valence-corrected chi connectivity index (χ3v) is 3.91. The van der Waals surface area contributed by atoms with E-state index in [4.69, 9.17) is 5.73 Å². The molecule has 0 atom stereocenters. The molecule has 0 unspecified atom stereocenters. The Hall–Kier alpha value is -1.75. The van der Waals surface area contributed by atoms with E-state index in [1.54, 1.807) is 17.1 Å². The number of thioether (sulfide) groups is 1. The Morgan fingerprint density at radius 1 is 1.35 bits per heavy atom. The standard InChI is InChI=1S/C15H20N4S/c1-3-4-9-20-14-7-5-13(6-8-14)10-17-19-11-12(2)18-15(19)16/h5-8,10-11H,3-4,9H2,1-2H3,(H2,16,18). The van der Waals surface area contributed by atoms with Crippen molar-refractivity contribution in [3.8, 4) is 0 Å². The van der Waals surface area contributed by atoms with E-state index in [0.717, 1.165) is 11.3 Å². The molecule has 2 N–H and O–H groups in total. The van der Waals surface area contributed by atoms with Gasteiger partial charge in [0.2, 0.25) is 5.95 Å². The van der Waals surface area contributed by atoms with Crippen molar-refractivity contribution in [3.63, 3.8) is 0 Å². The molecule has 0 aliphatic rings. The number of aryl methyl sites for hydroxylation is 1. The van der Waals surface area contributed by atoms with Crippen LogP contribution in [-0.4, -0.2) is 21.6 Å². The zero-order valence-corrected chi connectivity index (χ0v) is 12.7. The summed E-state index contributed by atoms with van der Waals surface area (Å²) in [5.41, 5.74) is 7.65. The summed E-state index contributed by atoms with van der Waals surface area (Å²) in [5.74, 6) is 1.58. The molecule has 1 aromatic carbocycles. The minimum absolute atomic E-state index is 0.408. The van der Waals surface area contributed by atoms with Gasteiger partial charge in [0.1, 0.15) is 0 Å². The van der Waals surface area contributed by atoms with Crippen molar-refractivity contribution >= 4 is 23.9 Å². The second-order valence-electron chi connectivity index (χ2n) is 4.60. The number of anilines is 1. The average molecular weight is 288 g/mol. The Labute approximate surface area is 124 Å². The summed E-state index contributed by atoms with van der Waals surface area (Å²) in [4.78, 5) is 5.40. The van der Waals surface area contributed by atoms with Gasteiger partial charge in [-0.3, -0.25) is 0 Å². The molecule has 0 saturated carbocycles. The highest BCUT2D eigenvalue weighted by Crippen LogP contribution is 2.19. The van der Waals surface area contributed by atoms with Crippen LogP contribution >= 0.6 is 11.8 Å². The van der Waals surface area contributed by atoms with Gasteiger partial charge in [0.25, 0.3) is 0 Å². The topological polar surface area (TPSA) is 56.2 Å². The monoisotopic (exact) mass is 288 g/mol. The molecule has 2 aromatic rings. The summed E-state index contributed by atoms with van der Waals surface area (Å²) in [5, 5.41) is 4.30. The first-order chi connectivity index (χ1) is 9.69. The lowest BCUT2D eigenvalue weighted by atomic mass is 10.2. The van der Waals surface area contributed by atoms with Gasteiger partial charge in [-0.2, -0.15) is 5.10 Å². The van der Waals surface area contributed by atoms with E-state index in [0.29, 0.717) is 5.95 Å². The van der Waals surface area contributed by atoms with Crippen molar-refractivity contribution in [1.29, 1.82) is 0 Å². The first-order valence-corrected chi connectivity index (χ1v) is 7.76. The highest BCUT2D eigenvalue weighted by atomic mass is 32.2. The number of rotatable bonds is 6. The second kappa shape index (κ2) is 7.14. The molecule has 0 bridgehead atoms. The van der Waals surface area contributed by atoms with Gasteiger partial charge in [-0.25, -0.2) is 9.66 Å². The normalized spacial score (nSPS) is 11.3. The van der Waals surface area contributed by atoms with Gasteiger partial charge < -0.3 is 5.73 Å². The molecule has 0 amide bonds. The first kappa shape index (κ1) is 14.7. The molecule has 0 radical (unpaired) electrons. The van der Waals surface area contributed by atoms with E-state index in [2.05, 4.69) is 41.3 Å². The molecule has 5 heteroatoms. The molecule has 0 spiro atoms. The molecule has 4 nitrogen and oxygen atoms in total. The third kappa shape index (κ3) is 4.13. The van der Waals surface area contributed by atoms with Gasteiger partial charge >= 0.3 is 0 Å². The number of unbranched alkanes of at least 4 members (excludes halogenated alkanes) is 1. The smallest absolute Gasteiger partial charge is 0.221 e. The van der Waals surface area contributed by atoms with Crippen LogP contribution < -0.4 is 5.73 Å². The Balaban J connectivity index is 1.98. The van der Waals surface area contributed by atoms with E-state index >= 15 is 0 Å². The van der Waals surface area contributed by atoms with Gasteiger partial charge in [-0.1, -0.05) is 25.5 Å². The van der Waals surface area contributed by atoms with Crippen LogP contribution in [0.5, 0.6) is 0 Å². The summed E-state index contributed by atoms with van der Waals surface area (Å²) in [6.45, 7) is 4.11. The van der Waals surface area contributed by atoms with Crippen LogP contribution in [0.2, 0.25) is 0 Å². The maximum Gasteiger partial charge on any atom is 0.221 e. The van der Waals surface area contributed by atoms with Crippen molar-refractivity contribution in [1.82, 2.24) is 9.66 Å².